The molecule has 0 aromatic heterocycles. The molecular formula is C13H23NO. The third kappa shape index (κ3) is 1.94. The van der Waals surface area contributed by atoms with Crippen LogP contribution in [0.15, 0.2) is 0 Å². The number of nitrogens with one attached hydrogen (secondary N) is 1. The highest BCUT2D eigenvalue weighted by molar-refractivity contribution is 5.00. The van der Waals surface area contributed by atoms with Crippen LogP contribution in [-0.2, 0) is 4.74 Å². The molecule has 15 heavy (non-hydrogen) atoms. The third-order valence-corrected chi connectivity index (χ3v) is 4.72. The summed E-state index contributed by atoms with van der Waals surface area (Å²) in [5.41, 5.74) is 0.627. The van der Waals surface area contributed by atoms with Crippen LogP contribution < -0.4 is 5.32 Å². The standard InChI is InChI=1S/C13H23NO/c1-11-3-2-5-13(6-4-11)14-9-12(7-8-12)10-15-13/h11,14H,2-10H2,1H3. The lowest BCUT2D eigenvalue weighted by molar-refractivity contribution is -0.130. The van der Waals surface area contributed by atoms with Crippen LogP contribution in [0.2, 0.25) is 0 Å². The fraction of sp³-hybridized carbons (Fsp3) is 1.00. The molecule has 0 aromatic carbocycles. The van der Waals surface area contributed by atoms with Gasteiger partial charge in [-0.3, -0.25) is 5.32 Å². The van der Waals surface area contributed by atoms with Gasteiger partial charge in [0, 0.05) is 12.0 Å². The van der Waals surface area contributed by atoms with E-state index in [0.717, 1.165) is 12.5 Å². The summed E-state index contributed by atoms with van der Waals surface area (Å²) < 4.78 is 6.20. The van der Waals surface area contributed by atoms with Gasteiger partial charge in [-0.05, 0) is 44.4 Å². The minimum atomic E-state index is 0.0681. The van der Waals surface area contributed by atoms with Crippen LogP contribution >= 0.6 is 0 Å². The molecule has 3 fully saturated rings. The highest BCUT2D eigenvalue weighted by Gasteiger charge is 2.50. The molecule has 2 aliphatic carbocycles. The van der Waals surface area contributed by atoms with Gasteiger partial charge in [0.2, 0.25) is 0 Å². The van der Waals surface area contributed by atoms with Crippen molar-refractivity contribution < 1.29 is 4.74 Å². The zero-order chi connectivity index (χ0) is 10.4. The molecule has 0 amide bonds. The predicted molar refractivity (Wildman–Crippen MR) is 60.6 cm³/mol. The second-order valence-corrected chi connectivity index (χ2v) is 6.17. The lowest BCUT2D eigenvalue weighted by Crippen LogP contribution is -2.55. The van der Waals surface area contributed by atoms with E-state index in [-0.39, 0.29) is 5.72 Å². The lowest BCUT2D eigenvalue weighted by Gasteiger charge is -2.41. The minimum absolute atomic E-state index is 0.0681. The van der Waals surface area contributed by atoms with Gasteiger partial charge in [0.25, 0.3) is 0 Å². The molecule has 1 aliphatic heterocycles. The molecule has 0 radical (unpaired) electrons. The Morgan fingerprint density at radius 2 is 2.00 bits per heavy atom. The van der Waals surface area contributed by atoms with E-state index in [1.165, 1.54) is 51.5 Å². The van der Waals surface area contributed by atoms with Crippen LogP contribution in [0, 0.1) is 11.3 Å². The van der Waals surface area contributed by atoms with E-state index in [4.69, 9.17) is 4.74 Å². The number of hydrogen-bond acceptors (Lipinski definition) is 2. The molecule has 2 saturated carbocycles. The van der Waals surface area contributed by atoms with Gasteiger partial charge in [0.05, 0.1) is 6.61 Å². The summed E-state index contributed by atoms with van der Waals surface area (Å²) in [5.74, 6) is 0.895. The first-order valence-corrected chi connectivity index (χ1v) is 6.61. The highest BCUT2D eigenvalue weighted by Crippen LogP contribution is 2.49. The molecule has 1 heterocycles. The van der Waals surface area contributed by atoms with Gasteiger partial charge >= 0.3 is 0 Å². The smallest absolute Gasteiger partial charge is 0.119 e. The molecule has 3 aliphatic rings. The average Bonchev–Trinajstić information content (AvgIpc) is 3.01. The molecule has 2 heteroatoms. The van der Waals surface area contributed by atoms with Gasteiger partial charge in [-0.1, -0.05) is 13.3 Å². The van der Waals surface area contributed by atoms with Gasteiger partial charge in [-0.25, -0.2) is 0 Å². The molecule has 2 nitrogen and oxygen atoms in total. The molecule has 0 aromatic rings. The van der Waals surface area contributed by atoms with Crippen LogP contribution in [-0.4, -0.2) is 18.9 Å². The van der Waals surface area contributed by atoms with Crippen LogP contribution in [0.3, 0.4) is 0 Å². The molecule has 3 rings (SSSR count). The topological polar surface area (TPSA) is 21.3 Å². The Morgan fingerprint density at radius 1 is 1.13 bits per heavy atom. The number of hydrogen-bond donors (Lipinski definition) is 1. The average molecular weight is 209 g/mol. The zero-order valence-corrected chi connectivity index (χ0v) is 9.85. The van der Waals surface area contributed by atoms with Crippen LogP contribution in [0.1, 0.15) is 51.9 Å². The molecule has 86 valence electrons. The van der Waals surface area contributed by atoms with Gasteiger partial charge < -0.3 is 4.74 Å². The summed E-state index contributed by atoms with van der Waals surface area (Å²) in [6.07, 6.45) is 9.27. The summed E-state index contributed by atoms with van der Waals surface area (Å²) in [7, 11) is 0. The quantitative estimate of drug-likeness (QED) is 0.662. The van der Waals surface area contributed by atoms with Crippen LogP contribution in [0.4, 0.5) is 0 Å². The maximum Gasteiger partial charge on any atom is 0.119 e. The first-order chi connectivity index (χ1) is 7.22. The molecule has 1 N–H and O–H groups in total. The zero-order valence-electron chi connectivity index (χ0n) is 9.85. The highest BCUT2D eigenvalue weighted by atomic mass is 16.5. The summed E-state index contributed by atoms with van der Waals surface area (Å²) in [6, 6.07) is 0. The minimum Gasteiger partial charge on any atom is -0.360 e. The molecule has 1 saturated heterocycles. The van der Waals surface area contributed by atoms with E-state index >= 15 is 0 Å². The molecule has 2 spiro atoms. The predicted octanol–water partition coefficient (Wildman–Crippen LogP) is 2.68. The van der Waals surface area contributed by atoms with Gasteiger partial charge in [-0.2, -0.15) is 0 Å². The summed E-state index contributed by atoms with van der Waals surface area (Å²) in [4.78, 5) is 0. The Bertz CT molecular complexity index is 237. The van der Waals surface area contributed by atoms with Crippen LogP contribution in [0.5, 0.6) is 0 Å². The molecule has 0 bridgehead atoms. The lowest BCUT2D eigenvalue weighted by atomic mass is 9.97. The fourth-order valence-electron chi connectivity index (χ4n) is 3.05. The van der Waals surface area contributed by atoms with Gasteiger partial charge in [0.1, 0.15) is 5.72 Å². The van der Waals surface area contributed by atoms with E-state index in [1.807, 2.05) is 0 Å². The second kappa shape index (κ2) is 3.46. The molecule has 2 atom stereocenters. The van der Waals surface area contributed by atoms with Crippen molar-refractivity contribution in [2.24, 2.45) is 11.3 Å². The Balaban J connectivity index is 1.64. The van der Waals surface area contributed by atoms with E-state index in [9.17, 15) is 0 Å². The van der Waals surface area contributed by atoms with Crippen molar-refractivity contribution in [1.82, 2.24) is 5.32 Å². The normalized spacial score (nSPS) is 44.2. The van der Waals surface area contributed by atoms with Crippen molar-refractivity contribution in [2.45, 2.75) is 57.6 Å². The Hall–Kier alpha value is -0.0800. The van der Waals surface area contributed by atoms with Crippen molar-refractivity contribution in [1.29, 1.82) is 0 Å². The SMILES string of the molecule is CC1CCCC2(CC1)NCC1(CC1)CO2. The van der Waals surface area contributed by atoms with Crippen LogP contribution in [0.25, 0.3) is 0 Å². The Morgan fingerprint density at radius 3 is 2.67 bits per heavy atom. The first-order valence-electron chi connectivity index (χ1n) is 6.61. The van der Waals surface area contributed by atoms with Gasteiger partial charge in [-0.15, -0.1) is 0 Å². The van der Waals surface area contributed by atoms with Crippen molar-refractivity contribution in [3.8, 4) is 0 Å². The molecule has 2 unspecified atom stereocenters. The Kier molecular flexibility index (Phi) is 2.33. The third-order valence-electron chi connectivity index (χ3n) is 4.72. The summed E-state index contributed by atoms with van der Waals surface area (Å²) in [5, 5.41) is 3.73. The second-order valence-electron chi connectivity index (χ2n) is 6.17. The van der Waals surface area contributed by atoms with Crippen molar-refractivity contribution >= 4 is 0 Å². The summed E-state index contributed by atoms with van der Waals surface area (Å²) >= 11 is 0. The van der Waals surface area contributed by atoms with Crippen molar-refractivity contribution in [3.05, 3.63) is 0 Å². The van der Waals surface area contributed by atoms with Crippen molar-refractivity contribution in [2.75, 3.05) is 13.2 Å². The van der Waals surface area contributed by atoms with Crippen molar-refractivity contribution in [3.63, 3.8) is 0 Å². The molecular weight excluding hydrogens is 186 g/mol. The van der Waals surface area contributed by atoms with E-state index in [2.05, 4.69) is 12.2 Å². The number of ether oxygens (including phenoxy) is 1. The maximum absolute atomic E-state index is 6.20. The number of rotatable bonds is 0. The summed E-state index contributed by atoms with van der Waals surface area (Å²) in [6.45, 7) is 4.61. The first kappa shape index (κ1) is 10.1. The maximum atomic E-state index is 6.20. The van der Waals surface area contributed by atoms with E-state index in [0.29, 0.717) is 5.41 Å². The van der Waals surface area contributed by atoms with E-state index < -0.39 is 0 Å². The van der Waals surface area contributed by atoms with E-state index in [1.54, 1.807) is 0 Å². The fourth-order valence-corrected chi connectivity index (χ4v) is 3.05. The Labute approximate surface area is 92.8 Å². The van der Waals surface area contributed by atoms with Gasteiger partial charge in [0.15, 0.2) is 0 Å². The monoisotopic (exact) mass is 209 g/mol. The largest absolute Gasteiger partial charge is 0.360 e.